The van der Waals surface area contributed by atoms with Crippen LogP contribution in [0, 0.1) is 0 Å². The van der Waals surface area contributed by atoms with Crippen LogP contribution in [0.3, 0.4) is 0 Å². The summed E-state index contributed by atoms with van der Waals surface area (Å²) in [6.07, 6.45) is -1.15. The highest BCUT2D eigenvalue weighted by Gasteiger charge is 2.47. The zero-order valence-corrected chi connectivity index (χ0v) is 23.1. The van der Waals surface area contributed by atoms with Crippen molar-refractivity contribution in [2.75, 3.05) is 0 Å². The van der Waals surface area contributed by atoms with Gasteiger partial charge < -0.3 is 9.84 Å². The lowest BCUT2D eigenvalue weighted by molar-refractivity contribution is -0.158. The normalized spacial score (nSPS) is 15.0. The molecule has 40 heavy (non-hydrogen) atoms. The number of esters is 1. The molecule has 2 N–H and O–H groups in total. The number of Topliss-reactive ketones (excluding diaryl/α,β-unsaturated/α-hetero) is 1. The average molecular weight is 534 g/mol. The molecule has 1 aliphatic rings. The fraction of sp³-hybridized carbons (Fsp3) is 0.257. The van der Waals surface area contributed by atoms with Gasteiger partial charge in [-0.05, 0) is 55.0 Å². The van der Waals surface area contributed by atoms with Crippen LogP contribution in [0.4, 0.5) is 0 Å². The number of benzene rings is 4. The lowest BCUT2D eigenvalue weighted by Gasteiger charge is -2.38. The summed E-state index contributed by atoms with van der Waals surface area (Å²) in [6.45, 7) is 5.47. The van der Waals surface area contributed by atoms with Crippen molar-refractivity contribution in [2.24, 2.45) is 0 Å². The van der Waals surface area contributed by atoms with E-state index in [1.165, 1.54) is 0 Å². The molecule has 5 rings (SSSR count). The maximum absolute atomic E-state index is 13.8. The number of aliphatic hydroxyl groups excluding tert-OH is 1. The van der Waals surface area contributed by atoms with E-state index in [-0.39, 0.29) is 18.6 Å². The molecule has 5 heteroatoms. The summed E-state index contributed by atoms with van der Waals surface area (Å²) in [7, 11) is 0. The summed E-state index contributed by atoms with van der Waals surface area (Å²) in [5.41, 5.74) is 4.09. The largest absolute Gasteiger partial charge is 0.459 e. The molecule has 0 radical (unpaired) electrons. The van der Waals surface area contributed by atoms with Crippen molar-refractivity contribution in [2.45, 2.75) is 56.9 Å². The van der Waals surface area contributed by atoms with Gasteiger partial charge in [0.05, 0.1) is 11.6 Å². The van der Waals surface area contributed by atoms with Crippen LogP contribution in [0.15, 0.2) is 109 Å². The molecular weight excluding hydrogens is 498 g/mol. The minimum Gasteiger partial charge on any atom is -0.459 e. The number of nitrogens with one attached hydrogen (secondary N) is 1. The summed E-state index contributed by atoms with van der Waals surface area (Å²) in [6, 6.07) is 34.4. The van der Waals surface area contributed by atoms with E-state index in [4.69, 9.17) is 4.74 Å². The van der Waals surface area contributed by atoms with Gasteiger partial charge in [0, 0.05) is 12.0 Å². The van der Waals surface area contributed by atoms with E-state index in [2.05, 4.69) is 29.6 Å². The predicted octanol–water partition coefficient (Wildman–Crippen LogP) is 6.28. The number of aliphatic hydroxyl groups is 1. The van der Waals surface area contributed by atoms with Crippen LogP contribution in [-0.4, -0.2) is 34.6 Å². The number of hydrogen-bond acceptors (Lipinski definition) is 5. The molecule has 0 saturated carbocycles. The van der Waals surface area contributed by atoms with Gasteiger partial charge in [-0.25, -0.2) is 0 Å². The monoisotopic (exact) mass is 533 g/mol. The van der Waals surface area contributed by atoms with E-state index in [0.717, 1.165) is 27.8 Å². The molecule has 0 aromatic heterocycles. The topological polar surface area (TPSA) is 75.6 Å². The first-order valence-electron chi connectivity index (χ1n) is 13.7. The van der Waals surface area contributed by atoms with Crippen molar-refractivity contribution >= 4 is 11.8 Å². The molecule has 0 amide bonds. The van der Waals surface area contributed by atoms with Gasteiger partial charge in [-0.1, -0.05) is 109 Å². The first-order valence-corrected chi connectivity index (χ1v) is 13.7. The molecule has 0 heterocycles. The van der Waals surface area contributed by atoms with E-state index in [9.17, 15) is 14.7 Å². The Balaban J connectivity index is 1.57. The fourth-order valence-corrected chi connectivity index (χ4v) is 5.63. The first-order chi connectivity index (χ1) is 19.2. The second-order valence-electron chi connectivity index (χ2n) is 11.3. The Kier molecular flexibility index (Phi) is 7.70. The Labute approximate surface area is 235 Å². The molecule has 0 unspecified atom stereocenters. The van der Waals surface area contributed by atoms with Crippen molar-refractivity contribution in [3.8, 4) is 11.1 Å². The Morgan fingerprint density at radius 3 is 1.82 bits per heavy atom. The molecule has 0 bridgehead atoms. The highest BCUT2D eigenvalue weighted by Crippen LogP contribution is 2.51. The summed E-state index contributed by atoms with van der Waals surface area (Å²) >= 11 is 0. The van der Waals surface area contributed by atoms with Crippen molar-refractivity contribution in [3.63, 3.8) is 0 Å². The number of fused-ring (bicyclic) bond motifs is 3. The standard InChI is InChI=1S/C35H35NO4/c1-34(2,3)40-33(39)31(22-26(37)23-32(38)24-14-6-4-7-15-24)36-35(25-16-8-5-9-17-25)29-20-12-10-18-27(29)28-19-11-13-21-30(28)35/h4-21,26,31,36-37H,22-23H2,1-3H3/t26-,31-/m0/s1. The van der Waals surface area contributed by atoms with Crippen LogP contribution in [-0.2, 0) is 15.1 Å². The average Bonchev–Trinajstić information content (AvgIpc) is 3.23. The van der Waals surface area contributed by atoms with E-state index in [1.807, 2.05) is 81.4 Å². The van der Waals surface area contributed by atoms with Gasteiger partial charge in [0.2, 0.25) is 0 Å². The van der Waals surface area contributed by atoms with Crippen LogP contribution < -0.4 is 5.32 Å². The minimum atomic E-state index is -1.06. The Hall–Kier alpha value is -4.06. The third-order valence-corrected chi connectivity index (χ3v) is 7.27. The number of rotatable bonds is 9. The van der Waals surface area contributed by atoms with Crippen LogP contribution >= 0.6 is 0 Å². The van der Waals surface area contributed by atoms with Crippen LogP contribution in [0.5, 0.6) is 0 Å². The van der Waals surface area contributed by atoms with Gasteiger partial charge in [0.1, 0.15) is 11.6 Å². The highest BCUT2D eigenvalue weighted by atomic mass is 16.6. The third kappa shape index (κ3) is 5.48. The van der Waals surface area contributed by atoms with E-state index in [1.54, 1.807) is 24.3 Å². The molecule has 1 aliphatic carbocycles. The number of hydrogen-bond donors (Lipinski definition) is 2. The Morgan fingerprint density at radius 1 is 0.775 bits per heavy atom. The van der Waals surface area contributed by atoms with Gasteiger partial charge in [-0.15, -0.1) is 0 Å². The number of carbonyl (C=O) groups excluding carboxylic acids is 2. The SMILES string of the molecule is CC(C)(C)OC(=O)[C@H](C[C@H](O)CC(=O)c1ccccc1)NC1(c2ccccc2)c2ccccc2-c2ccccc21. The molecule has 0 spiro atoms. The summed E-state index contributed by atoms with van der Waals surface area (Å²) in [5, 5.41) is 14.8. The minimum absolute atomic E-state index is 0.00635. The van der Waals surface area contributed by atoms with E-state index < -0.39 is 29.3 Å². The molecule has 0 fully saturated rings. The van der Waals surface area contributed by atoms with Crippen molar-refractivity contribution in [1.82, 2.24) is 5.32 Å². The molecule has 2 atom stereocenters. The lowest BCUT2D eigenvalue weighted by atomic mass is 9.79. The third-order valence-electron chi connectivity index (χ3n) is 7.27. The highest BCUT2D eigenvalue weighted by molar-refractivity contribution is 5.96. The van der Waals surface area contributed by atoms with Gasteiger partial charge in [-0.2, -0.15) is 0 Å². The lowest BCUT2D eigenvalue weighted by Crippen LogP contribution is -2.54. The van der Waals surface area contributed by atoms with Gasteiger partial charge >= 0.3 is 5.97 Å². The quantitative estimate of drug-likeness (QED) is 0.196. The zero-order valence-electron chi connectivity index (χ0n) is 23.1. The van der Waals surface area contributed by atoms with Crippen molar-refractivity contribution in [1.29, 1.82) is 0 Å². The maximum Gasteiger partial charge on any atom is 0.323 e. The number of ether oxygens (including phenoxy) is 1. The molecule has 5 nitrogen and oxygen atoms in total. The predicted molar refractivity (Wildman–Crippen MR) is 157 cm³/mol. The van der Waals surface area contributed by atoms with E-state index >= 15 is 0 Å². The molecule has 0 saturated heterocycles. The first kappa shape index (κ1) is 27.5. The molecule has 4 aromatic carbocycles. The Morgan fingerprint density at radius 2 is 1.27 bits per heavy atom. The van der Waals surface area contributed by atoms with Gasteiger partial charge in [-0.3, -0.25) is 14.9 Å². The number of ketones is 1. The van der Waals surface area contributed by atoms with Crippen LogP contribution in [0.1, 0.15) is 60.7 Å². The smallest absolute Gasteiger partial charge is 0.323 e. The fourth-order valence-electron chi connectivity index (χ4n) is 5.63. The summed E-state index contributed by atoms with van der Waals surface area (Å²) in [5.74, 6) is -0.652. The summed E-state index contributed by atoms with van der Waals surface area (Å²) in [4.78, 5) is 26.6. The molecular formula is C35H35NO4. The van der Waals surface area contributed by atoms with E-state index in [0.29, 0.717) is 5.56 Å². The molecule has 204 valence electrons. The van der Waals surface area contributed by atoms with Gasteiger partial charge in [0.15, 0.2) is 5.78 Å². The Bertz CT molecular complexity index is 1450. The second kappa shape index (κ2) is 11.2. The van der Waals surface area contributed by atoms with Crippen molar-refractivity contribution in [3.05, 3.63) is 131 Å². The van der Waals surface area contributed by atoms with Crippen LogP contribution in [0.25, 0.3) is 11.1 Å². The maximum atomic E-state index is 13.8. The molecule has 4 aromatic rings. The van der Waals surface area contributed by atoms with Crippen molar-refractivity contribution < 1.29 is 19.4 Å². The second-order valence-corrected chi connectivity index (χ2v) is 11.3. The van der Waals surface area contributed by atoms with Gasteiger partial charge in [0.25, 0.3) is 0 Å². The molecule has 0 aliphatic heterocycles. The number of carbonyl (C=O) groups is 2. The van der Waals surface area contributed by atoms with Crippen LogP contribution in [0.2, 0.25) is 0 Å². The summed E-state index contributed by atoms with van der Waals surface area (Å²) < 4.78 is 5.86. The zero-order chi connectivity index (χ0) is 28.3.